The van der Waals surface area contributed by atoms with Crippen molar-refractivity contribution in [3.63, 3.8) is 0 Å². The highest BCUT2D eigenvalue weighted by molar-refractivity contribution is 6.31. The fourth-order valence-corrected chi connectivity index (χ4v) is 2.51. The lowest BCUT2D eigenvalue weighted by Crippen LogP contribution is -1.94. The van der Waals surface area contributed by atoms with E-state index in [1.807, 2.05) is 30.9 Å². The zero-order chi connectivity index (χ0) is 14.2. The lowest BCUT2D eigenvalue weighted by atomic mass is 10.1. The Balaban J connectivity index is 1.63. The molecule has 0 unspecified atom stereocenters. The maximum atomic E-state index is 6.23. The molecule has 0 saturated heterocycles. The Kier molecular flexibility index (Phi) is 5.93. The Bertz CT molecular complexity index is 511. The maximum Gasteiger partial charge on any atom is 0.120 e. The first kappa shape index (κ1) is 14.9. The number of imidazole rings is 1. The molecule has 0 aliphatic heterocycles. The molecule has 0 fully saturated rings. The molecule has 1 aromatic heterocycles. The number of hydrogen-bond acceptors (Lipinski definition) is 2. The summed E-state index contributed by atoms with van der Waals surface area (Å²) in [6, 6.07) is 5.92. The van der Waals surface area contributed by atoms with Gasteiger partial charge in [0.25, 0.3) is 0 Å². The van der Waals surface area contributed by atoms with E-state index in [9.17, 15) is 0 Å². The number of nitrogens with zero attached hydrogens (tertiary/aromatic N) is 2. The molecule has 0 spiro atoms. The van der Waals surface area contributed by atoms with E-state index in [1.165, 1.54) is 31.2 Å². The van der Waals surface area contributed by atoms with E-state index in [0.29, 0.717) is 0 Å². The fraction of sp³-hybridized carbons (Fsp3) is 0.438. The first-order valence-electron chi connectivity index (χ1n) is 7.08. The summed E-state index contributed by atoms with van der Waals surface area (Å²) >= 11 is 6.23. The van der Waals surface area contributed by atoms with Gasteiger partial charge in [-0.15, -0.1) is 0 Å². The highest BCUT2D eigenvalue weighted by Crippen LogP contribution is 2.24. The minimum Gasteiger partial charge on any atom is -0.497 e. The molecule has 0 saturated carbocycles. The van der Waals surface area contributed by atoms with Crippen molar-refractivity contribution in [2.24, 2.45) is 0 Å². The molecule has 0 atom stereocenters. The predicted octanol–water partition coefficient (Wildman–Crippen LogP) is 4.35. The number of halogens is 1. The van der Waals surface area contributed by atoms with E-state index in [1.54, 1.807) is 7.11 Å². The molecule has 0 aliphatic rings. The molecule has 0 N–H and O–H groups in total. The van der Waals surface area contributed by atoms with E-state index in [4.69, 9.17) is 16.3 Å². The minimum absolute atomic E-state index is 0.808. The van der Waals surface area contributed by atoms with Crippen LogP contribution in [0.3, 0.4) is 0 Å². The Morgan fingerprint density at radius 3 is 2.75 bits per heavy atom. The van der Waals surface area contributed by atoms with Gasteiger partial charge in [-0.05, 0) is 37.0 Å². The number of methoxy groups -OCH3 is 1. The molecule has 1 aromatic carbocycles. The van der Waals surface area contributed by atoms with Crippen LogP contribution >= 0.6 is 11.6 Å². The van der Waals surface area contributed by atoms with Crippen LogP contribution in [0.5, 0.6) is 5.75 Å². The van der Waals surface area contributed by atoms with Gasteiger partial charge in [0.15, 0.2) is 0 Å². The normalized spacial score (nSPS) is 10.7. The standard InChI is InChI=1S/C16H21ClN2O/c1-20-15-8-7-14(16(17)12-15)6-4-2-3-5-10-19-11-9-18-13-19/h7-9,11-13H,2-6,10H2,1H3. The summed E-state index contributed by atoms with van der Waals surface area (Å²) < 4.78 is 7.28. The van der Waals surface area contributed by atoms with Crippen LogP contribution in [0.1, 0.15) is 31.2 Å². The third-order valence-electron chi connectivity index (χ3n) is 3.43. The van der Waals surface area contributed by atoms with Crippen molar-refractivity contribution >= 4 is 11.6 Å². The third-order valence-corrected chi connectivity index (χ3v) is 3.78. The molecule has 3 nitrogen and oxygen atoms in total. The van der Waals surface area contributed by atoms with Crippen molar-refractivity contribution in [1.29, 1.82) is 0 Å². The minimum atomic E-state index is 0.808. The van der Waals surface area contributed by atoms with E-state index < -0.39 is 0 Å². The lowest BCUT2D eigenvalue weighted by Gasteiger charge is -2.07. The van der Waals surface area contributed by atoms with Gasteiger partial charge in [0.2, 0.25) is 0 Å². The second-order valence-electron chi connectivity index (χ2n) is 4.92. The van der Waals surface area contributed by atoms with Crippen LogP contribution in [0.25, 0.3) is 0 Å². The van der Waals surface area contributed by atoms with E-state index >= 15 is 0 Å². The van der Waals surface area contributed by atoms with Crippen molar-refractivity contribution in [2.75, 3.05) is 7.11 Å². The van der Waals surface area contributed by atoms with Gasteiger partial charge in [-0.2, -0.15) is 0 Å². The zero-order valence-electron chi connectivity index (χ0n) is 11.9. The van der Waals surface area contributed by atoms with Gasteiger partial charge in [0.05, 0.1) is 13.4 Å². The maximum absolute atomic E-state index is 6.23. The SMILES string of the molecule is COc1ccc(CCCCCCn2ccnc2)c(Cl)c1. The molecule has 1 heterocycles. The summed E-state index contributed by atoms with van der Waals surface area (Å²) in [5.74, 6) is 0.819. The second kappa shape index (κ2) is 7.95. The Labute approximate surface area is 125 Å². The average Bonchev–Trinajstić information content (AvgIpc) is 2.97. The number of hydrogen-bond donors (Lipinski definition) is 0. The van der Waals surface area contributed by atoms with Gasteiger partial charge in [-0.1, -0.05) is 30.5 Å². The van der Waals surface area contributed by atoms with Gasteiger partial charge >= 0.3 is 0 Å². The number of ether oxygens (including phenoxy) is 1. The molecular weight excluding hydrogens is 272 g/mol. The second-order valence-corrected chi connectivity index (χ2v) is 5.33. The molecule has 0 amide bonds. The monoisotopic (exact) mass is 292 g/mol. The van der Waals surface area contributed by atoms with Crippen LogP contribution in [0, 0.1) is 0 Å². The molecule has 2 aromatic rings. The van der Waals surface area contributed by atoms with Gasteiger partial charge in [-0.3, -0.25) is 0 Å². The summed E-state index contributed by atoms with van der Waals surface area (Å²) in [6.45, 7) is 1.06. The summed E-state index contributed by atoms with van der Waals surface area (Å²) in [6.07, 6.45) is 11.6. The molecule has 108 valence electrons. The van der Waals surface area contributed by atoms with Gasteiger partial charge in [-0.25, -0.2) is 4.98 Å². The van der Waals surface area contributed by atoms with Gasteiger partial charge in [0.1, 0.15) is 5.75 Å². The number of aromatic nitrogens is 2. The highest BCUT2D eigenvalue weighted by Gasteiger charge is 2.02. The number of rotatable bonds is 8. The van der Waals surface area contributed by atoms with Crippen LogP contribution in [0.4, 0.5) is 0 Å². The number of benzene rings is 1. The summed E-state index contributed by atoms with van der Waals surface area (Å²) in [5.41, 5.74) is 1.21. The largest absolute Gasteiger partial charge is 0.497 e. The van der Waals surface area contributed by atoms with Crippen LogP contribution in [-0.2, 0) is 13.0 Å². The number of unbranched alkanes of at least 4 members (excludes halogenated alkanes) is 3. The Hall–Kier alpha value is -1.48. The fourth-order valence-electron chi connectivity index (χ4n) is 2.24. The summed E-state index contributed by atoms with van der Waals surface area (Å²) in [5, 5.41) is 0.808. The first-order valence-corrected chi connectivity index (χ1v) is 7.45. The number of aryl methyl sites for hydroxylation is 2. The third kappa shape index (κ3) is 4.57. The van der Waals surface area contributed by atoms with Crippen molar-refractivity contribution in [1.82, 2.24) is 9.55 Å². The Morgan fingerprint density at radius 1 is 1.20 bits per heavy atom. The highest BCUT2D eigenvalue weighted by atomic mass is 35.5. The van der Waals surface area contributed by atoms with Crippen molar-refractivity contribution < 1.29 is 4.74 Å². The van der Waals surface area contributed by atoms with Crippen molar-refractivity contribution in [3.05, 3.63) is 47.5 Å². The smallest absolute Gasteiger partial charge is 0.120 e. The van der Waals surface area contributed by atoms with Gasteiger partial charge < -0.3 is 9.30 Å². The lowest BCUT2D eigenvalue weighted by molar-refractivity contribution is 0.414. The average molecular weight is 293 g/mol. The summed E-state index contributed by atoms with van der Waals surface area (Å²) in [7, 11) is 1.66. The molecule has 0 bridgehead atoms. The van der Waals surface area contributed by atoms with Crippen LogP contribution in [0.15, 0.2) is 36.9 Å². The van der Waals surface area contributed by atoms with Crippen LogP contribution in [0.2, 0.25) is 5.02 Å². The van der Waals surface area contributed by atoms with E-state index in [0.717, 1.165) is 23.7 Å². The van der Waals surface area contributed by atoms with Crippen LogP contribution < -0.4 is 4.74 Å². The van der Waals surface area contributed by atoms with Crippen LogP contribution in [-0.4, -0.2) is 16.7 Å². The van der Waals surface area contributed by atoms with E-state index in [-0.39, 0.29) is 0 Å². The predicted molar refractivity (Wildman–Crippen MR) is 82.4 cm³/mol. The summed E-state index contributed by atoms with van der Waals surface area (Å²) in [4.78, 5) is 4.04. The van der Waals surface area contributed by atoms with Crippen molar-refractivity contribution in [3.8, 4) is 5.75 Å². The molecule has 2 rings (SSSR count). The molecule has 0 radical (unpaired) electrons. The molecular formula is C16H21ClN2O. The zero-order valence-corrected chi connectivity index (χ0v) is 12.6. The Morgan fingerprint density at radius 2 is 2.05 bits per heavy atom. The van der Waals surface area contributed by atoms with Crippen molar-refractivity contribution in [2.45, 2.75) is 38.6 Å². The molecule has 20 heavy (non-hydrogen) atoms. The molecule has 4 heteroatoms. The quantitative estimate of drug-likeness (QED) is 0.676. The first-order chi connectivity index (χ1) is 9.79. The molecule has 0 aliphatic carbocycles. The van der Waals surface area contributed by atoms with E-state index in [2.05, 4.69) is 15.6 Å². The topological polar surface area (TPSA) is 27.1 Å². The van der Waals surface area contributed by atoms with Gasteiger partial charge in [0, 0.05) is 24.0 Å².